The van der Waals surface area contributed by atoms with Crippen molar-refractivity contribution in [2.45, 2.75) is 0 Å². The summed E-state index contributed by atoms with van der Waals surface area (Å²) in [6.07, 6.45) is 10.8. The molecule has 2 aromatic rings. The fourth-order valence-electron chi connectivity index (χ4n) is 1.43. The monoisotopic (exact) mass is 174 g/mol. The van der Waals surface area contributed by atoms with Gasteiger partial charge in [0.1, 0.15) is 0 Å². The van der Waals surface area contributed by atoms with Crippen LogP contribution in [0.25, 0.3) is 10.8 Å². The van der Waals surface area contributed by atoms with Gasteiger partial charge >= 0.3 is 0 Å². The van der Waals surface area contributed by atoms with Gasteiger partial charge in [-0.25, -0.2) is 0 Å². The number of rotatable bonds is 0. The van der Waals surface area contributed by atoms with Crippen molar-refractivity contribution in [3.63, 3.8) is 0 Å². The first-order valence-corrected chi connectivity index (χ1v) is 4.14. The molecule has 0 spiro atoms. The first kappa shape index (κ1) is 8.25. The van der Waals surface area contributed by atoms with E-state index in [0.717, 1.165) is 21.9 Å². The van der Waals surface area contributed by atoms with Crippen molar-refractivity contribution in [2.75, 3.05) is 0 Å². The Labute approximate surface area is 83.6 Å². The van der Waals surface area contributed by atoms with Crippen LogP contribution in [0.3, 0.4) is 0 Å². The van der Waals surface area contributed by atoms with E-state index in [0.29, 0.717) is 0 Å². The summed E-state index contributed by atoms with van der Waals surface area (Å²) in [6.45, 7) is 0. The normalized spacial score (nSPS) is 8.71. The van der Waals surface area contributed by atoms with Crippen LogP contribution in [-0.2, 0) is 0 Å². The molecule has 62 valence electrons. The van der Waals surface area contributed by atoms with Crippen LogP contribution in [0.15, 0.2) is 24.3 Å². The zero-order valence-corrected chi connectivity index (χ0v) is 7.46. The summed E-state index contributed by atoms with van der Waals surface area (Å²) < 4.78 is 0. The van der Waals surface area contributed by atoms with Gasteiger partial charge < -0.3 is 0 Å². The first-order valence-electron chi connectivity index (χ1n) is 4.14. The highest BCUT2D eigenvalue weighted by atomic mass is 14.0. The van der Waals surface area contributed by atoms with Crippen molar-refractivity contribution in [3.8, 4) is 24.7 Å². The summed E-state index contributed by atoms with van der Waals surface area (Å²) in [6, 6.07) is 13.1. The SMILES string of the molecule is C#Cc1ccc(C#C)c2cc#ccc12. The van der Waals surface area contributed by atoms with Crippen molar-refractivity contribution >= 4 is 10.8 Å². The lowest BCUT2D eigenvalue weighted by Gasteiger charge is -2.00. The van der Waals surface area contributed by atoms with Crippen LogP contribution in [0.1, 0.15) is 11.1 Å². The molecule has 0 unspecified atom stereocenters. The Hall–Kier alpha value is -2.36. The molecule has 2 rings (SSSR count). The smallest absolute Gasteiger partial charge is 0.0328 e. The minimum Gasteiger partial charge on any atom is -0.115 e. The summed E-state index contributed by atoms with van der Waals surface area (Å²) >= 11 is 0. The zero-order chi connectivity index (χ0) is 9.97. The topological polar surface area (TPSA) is 0 Å². The van der Waals surface area contributed by atoms with Gasteiger partial charge in [0.25, 0.3) is 0 Å². The van der Waals surface area contributed by atoms with Crippen LogP contribution in [0, 0.1) is 36.8 Å². The highest BCUT2D eigenvalue weighted by Crippen LogP contribution is 2.20. The third-order valence-electron chi connectivity index (χ3n) is 2.11. The van der Waals surface area contributed by atoms with Crippen molar-refractivity contribution in [2.24, 2.45) is 0 Å². The molecule has 2 aromatic carbocycles. The molecular formula is C14H6. The van der Waals surface area contributed by atoms with Gasteiger partial charge in [-0.1, -0.05) is 24.0 Å². The molecule has 0 atom stereocenters. The van der Waals surface area contributed by atoms with Gasteiger partial charge in [0.2, 0.25) is 0 Å². The molecule has 0 saturated heterocycles. The van der Waals surface area contributed by atoms with Gasteiger partial charge in [-0.15, -0.1) is 12.8 Å². The number of fused-ring (bicyclic) bond motifs is 1. The van der Waals surface area contributed by atoms with E-state index in [-0.39, 0.29) is 0 Å². The lowest BCUT2D eigenvalue weighted by atomic mass is 10.0. The van der Waals surface area contributed by atoms with Crippen LogP contribution >= 0.6 is 0 Å². The molecule has 0 heteroatoms. The molecule has 0 aliphatic rings. The van der Waals surface area contributed by atoms with Gasteiger partial charge in [0.05, 0.1) is 0 Å². The highest BCUT2D eigenvalue weighted by Gasteiger charge is 2.00. The second-order valence-electron chi connectivity index (χ2n) is 2.85. The molecule has 0 nitrogen and oxygen atoms in total. The Morgan fingerprint density at radius 2 is 1.29 bits per heavy atom. The van der Waals surface area contributed by atoms with Gasteiger partial charge in [0, 0.05) is 21.9 Å². The summed E-state index contributed by atoms with van der Waals surface area (Å²) in [4.78, 5) is 0. The molecule has 0 aromatic heterocycles. The lowest BCUT2D eigenvalue weighted by molar-refractivity contribution is 1.68. The maximum absolute atomic E-state index is 5.38. The van der Waals surface area contributed by atoms with E-state index in [9.17, 15) is 0 Å². The Morgan fingerprint density at radius 1 is 0.857 bits per heavy atom. The third kappa shape index (κ3) is 1.09. The first-order chi connectivity index (χ1) is 6.86. The Balaban J connectivity index is 2.96. The molecule has 0 bridgehead atoms. The molecule has 0 aliphatic heterocycles. The van der Waals surface area contributed by atoms with Gasteiger partial charge in [-0.2, -0.15) is 0 Å². The van der Waals surface area contributed by atoms with E-state index in [4.69, 9.17) is 12.8 Å². The van der Waals surface area contributed by atoms with E-state index in [1.165, 1.54) is 0 Å². The predicted octanol–water partition coefficient (Wildman–Crippen LogP) is 2.40. The van der Waals surface area contributed by atoms with E-state index < -0.39 is 0 Å². The van der Waals surface area contributed by atoms with E-state index in [2.05, 4.69) is 24.0 Å². The Morgan fingerprint density at radius 3 is 1.64 bits per heavy atom. The molecule has 0 radical (unpaired) electrons. The largest absolute Gasteiger partial charge is 0.115 e. The van der Waals surface area contributed by atoms with Gasteiger partial charge in [0.15, 0.2) is 0 Å². The molecule has 0 aliphatic carbocycles. The molecule has 0 saturated carbocycles. The van der Waals surface area contributed by atoms with Crippen LogP contribution < -0.4 is 0 Å². The second kappa shape index (κ2) is 3.18. The van der Waals surface area contributed by atoms with Crippen molar-refractivity contribution < 1.29 is 0 Å². The molecule has 0 heterocycles. The molecular weight excluding hydrogens is 168 g/mol. The fourth-order valence-corrected chi connectivity index (χ4v) is 1.43. The number of hydrogen-bond acceptors (Lipinski definition) is 0. The average Bonchev–Trinajstić information content (AvgIpc) is 2.27. The zero-order valence-electron chi connectivity index (χ0n) is 7.46. The minimum atomic E-state index is 0.837. The van der Waals surface area contributed by atoms with E-state index in [1.807, 2.05) is 24.3 Å². The second-order valence-corrected chi connectivity index (χ2v) is 2.85. The van der Waals surface area contributed by atoms with Crippen LogP contribution in [0.4, 0.5) is 0 Å². The van der Waals surface area contributed by atoms with Gasteiger partial charge in [-0.3, -0.25) is 0 Å². The number of benzene rings is 1. The van der Waals surface area contributed by atoms with E-state index >= 15 is 0 Å². The molecule has 0 amide bonds. The van der Waals surface area contributed by atoms with Crippen LogP contribution in [0.2, 0.25) is 0 Å². The number of terminal acetylenes is 2. The predicted molar refractivity (Wildman–Crippen MR) is 57.5 cm³/mol. The summed E-state index contributed by atoms with van der Waals surface area (Å²) in [5.41, 5.74) is 1.67. The van der Waals surface area contributed by atoms with Crippen molar-refractivity contribution in [3.05, 3.63) is 47.5 Å². The Bertz CT molecular complexity index is 510. The molecule has 14 heavy (non-hydrogen) atoms. The average molecular weight is 174 g/mol. The molecule has 0 fully saturated rings. The quantitative estimate of drug-likeness (QED) is 0.538. The van der Waals surface area contributed by atoms with Crippen LogP contribution in [-0.4, -0.2) is 0 Å². The Kier molecular flexibility index (Phi) is 1.87. The minimum absolute atomic E-state index is 0.837. The summed E-state index contributed by atoms with van der Waals surface area (Å²) in [7, 11) is 0. The van der Waals surface area contributed by atoms with Gasteiger partial charge in [-0.05, 0) is 24.3 Å². The lowest BCUT2D eigenvalue weighted by Crippen LogP contribution is -1.82. The summed E-state index contributed by atoms with van der Waals surface area (Å²) in [5.74, 6) is 5.24. The van der Waals surface area contributed by atoms with Crippen LogP contribution in [0.5, 0.6) is 0 Å². The maximum atomic E-state index is 5.38. The number of hydrogen-bond donors (Lipinski definition) is 0. The third-order valence-corrected chi connectivity index (χ3v) is 2.11. The summed E-state index contributed by atoms with van der Waals surface area (Å²) in [5, 5.41) is 1.92. The van der Waals surface area contributed by atoms with Crippen molar-refractivity contribution in [1.29, 1.82) is 0 Å². The van der Waals surface area contributed by atoms with Crippen molar-refractivity contribution in [1.82, 2.24) is 0 Å². The molecule has 0 N–H and O–H groups in total. The van der Waals surface area contributed by atoms with E-state index in [1.54, 1.807) is 0 Å². The maximum Gasteiger partial charge on any atom is 0.0328 e. The standard InChI is InChI=1S/C14H6/c1-3-11-9-10-12(4-2)14-8-6-5-7-13(11)14/h1-2,7-10H. The fraction of sp³-hybridized carbons (Fsp3) is 0. The highest BCUT2D eigenvalue weighted by molar-refractivity contribution is 5.92.